The van der Waals surface area contributed by atoms with Gasteiger partial charge in [0, 0.05) is 38.3 Å². The van der Waals surface area contributed by atoms with Gasteiger partial charge in [0.1, 0.15) is 5.82 Å². The molecule has 1 unspecified atom stereocenters. The van der Waals surface area contributed by atoms with E-state index in [1.165, 1.54) is 31.5 Å². The van der Waals surface area contributed by atoms with Crippen LogP contribution in [0.4, 0.5) is 0 Å². The van der Waals surface area contributed by atoms with Crippen molar-refractivity contribution in [2.75, 3.05) is 13.1 Å². The molecule has 0 amide bonds. The molecule has 2 aliphatic rings. The summed E-state index contributed by atoms with van der Waals surface area (Å²) in [5.74, 6) is 4.09. The Bertz CT molecular complexity index is 630. The molecule has 3 heterocycles. The Balaban J connectivity index is 1.34. The van der Waals surface area contributed by atoms with E-state index in [2.05, 4.69) is 31.6 Å². The van der Waals surface area contributed by atoms with Crippen LogP contribution in [-0.2, 0) is 20.0 Å². The smallest absolute Gasteiger partial charge is 0.229 e. The molecule has 1 saturated carbocycles. The molecule has 6 nitrogen and oxygen atoms in total. The number of aromatic nitrogens is 4. The standard InChI is InChI=1S/C16H23N5O/c1-20-8-6-17-15(20)9-12-3-2-7-21(10-12)11-14-18-16(22-19-14)13-4-5-13/h6,8,12-13H,2-5,7,9-11H2,1H3. The molecule has 0 bridgehead atoms. The van der Waals surface area contributed by atoms with Crippen LogP contribution < -0.4 is 0 Å². The van der Waals surface area contributed by atoms with Crippen LogP contribution in [0.25, 0.3) is 0 Å². The maximum atomic E-state index is 5.36. The Labute approximate surface area is 130 Å². The lowest BCUT2D eigenvalue weighted by Gasteiger charge is -2.31. The summed E-state index contributed by atoms with van der Waals surface area (Å²) in [6, 6.07) is 0. The zero-order valence-corrected chi connectivity index (χ0v) is 13.1. The van der Waals surface area contributed by atoms with E-state index in [1.807, 2.05) is 12.4 Å². The number of nitrogens with zero attached hydrogens (tertiary/aromatic N) is 5. The molecule has 1 saturated heterocycles. The van der Waals surface area contributed by atoms with Crippen molar-refractivity contribution >= 4 is 0 Å². The average Bonchev–Trinajstić information content (AvgIpc) is 3.14. The SMILES string of the molecule is Cn1ccnc1CC1CCCN(Cc2noc(C3CC3)n2)C1. The molecular formula is C16H23N5O. The molecule has 1 aliphatic heterocycles. The lowest BCUT2D eigenvalue weighted by molar-refractivity contribution is 0.160. The normalized spacial score (nSPS) is 23.0. The van der Waals surface area contributed by atoms with Crippen molar-refractivity contribution < 1.29 is 4.52 Å². The molecule has 0 radical (unpaired) electrons. The minimum Gasteiger partial charge on any atom is -0.339 e. The molecule has 1 aliphatic carbocycles. The fourth-order valence-electron chi connectivity index (χ4n) is 3.34. The van der Waals surface area contributed by atoms with E-state index >= 15 is 0 Å². The Morgan fingerprint density at radius 3 is 3.00 bits per heavy atom. The monoisotopic (exact) mass is 301 g/mol. The first-order valence-electron chi connectivity index (χ1n) is 8.29. The molecule has 0 spiro atoms. The van der Waals surface area contributed by atoms with Gasteiger partial charge in [-0.1, -0.05) is 5.16 Å². The summed E-state index contributed by atoms with van der Waals surface area (Å²) in [5, 5.41) is 4.14. The Morgan fingerprint density at radius 1 is 1.32 bits per heavy atom. The van der Waals surface area contributed by atoms with Crippen LogP contribution in [0.15, 0.2) is 16.9 Å². The largest absolute Gasteiger partial charge is 0.339 e. The van der Waals surface area contributed by atoms with Gasteiger partial charge in [-0.3, -0.25) is 4.90 Å². The highest BCUT2D eigenvalue weighted by Gasteiger charge is 2.30. The van der Waals surface area contributed by atoms with Gasteiger partial charge < -0.3 is 9.09 Å². The molecule has 0 N–H and O–H groups in total. The summed E-state index contributed by atoms with van der Waals surface area (Å²) in [6.45, 7) is 3.04. The van der Waals surface area contributed by atoms with E-state index in [4.69, 9.17) is 4.52 Å². The van der Waals surface area contributed by atoms with Crippen LogP contribution in [0.2, 0.25) is 0 Å². The third-order valence-corrected chi connectivity index (χ3v) is 4.77. The molecule has 1 atom stereocenters. The average molecular weight is 301 g/mol. The van der Waals surface area contributed by atoms with Gasteiger partial charge in [0.25, 0.3) is 0 Å². The summed E-state index contributed by atoms with van der Waals surface area (Å²) in [7, 11) is 2.07. The first-order valence-corrected chi connectivity index (χ1v) is 8.29. The third kappa shape index (κ3) is 3.06. The zero-order chi connectivity index (χ0) is 14.9. The van der Waals surface area contributed by atoms with Crippen LogP contribution in [-0.4, -0.2) is 37.7 Å². The first kappa shape index (κ1) is 13.9. The van der Waals surface area contributed by atoms with E-state index in [1.54, 1.807) is 0 Å². The van der Waals surface area contributed by atoms with Gasteiger partial charge in [-0.15, -0.1) is 0 Å². The van der Waals surface area contributed by atoms with Gasteiger partial charge in [-0.25, -0.2) is 4.98 Å². The van der Waals surface area contributed by atoms with Crippen molar-refractivity contribution in [2.45, 2.75) is 44.6 Å². The maximum Gasteiger partial charge on any atom is 0.229 e. The second-order valence-corrected chi connectivity index (χ2v) is 6.72. The van der Waals surface area contributed by atoms with Crippen molar-refractivity contribution in [3.05, 3.63) is 29.9 Å². The summed E-state index contributed by atoms with van der Waals surface area (Å²) in [6.07, 6.45) is 9.89. The Hall–Kier alpha value is -1.69. The summed E-state index contributed by atoms with van der Waals surface area (Å²) in [5.41, 5.74) is 0. The van der Waals surface area contributed by atoms with E-state index in [9.17, 15) is 0 Å². The minimum absolute atomic E-state index is 0.541. The van der Waals surface area contributed by atoms with Crippen LogP contribution in [0, 0.1) is 5.92 Å². The second-order valence-electron chi connectivity index (χ2n) is 6.72. The fourth-order valence-corrected chi connectivity index (χ4v) is 3.34. The molecule has 2 aromatic heterocycles. The summed E-state index contributed by atoms with van der Waals surface area (Å²) >= 11 is 0. The summed E-state index contributed by atoms with van der Waals surface area (Å²) in [4.78, 5) is 11.5. The number of piperidine rings is 1. The number of likely N-dealkylation sites (tertiary alicyclic amines) is 1. The van der Waals surface area contributed by atoms with Crippen LogP contribution in [0.5, 0.6) is 0 Å². The van der Waals surface area contributed by atoms with Gasteiger partial charge >= 0.3 is 0 Å². The predicted molar refractivity (Wildman–Crippen MR) is 81.2 cm³/mol. The topological polar surface area (TPSA) is 60.0 Å². The quantitative estimate of drug-likeness (QED) is 0.846. The molecule has 4 rings (SSSR count). The number of hydrogen-bond acceptors (Lipinski definition) is 5. The maximum absolute atomic E-state index is 5.36. The molecule has 6 heteroatoms. The molecule has 0 aromatic carbocycles. The van der Waals surface area contributed by atoms with E-state index in [0.29, 0.717) is 11.8 Å². The van der Waals surface area contributed by atoms with E-state index < -0.39 is 0 Å². The van der Waals surface area contributed by atoms with Crippen molar-refractivity contribution in [2.24, 2.45) is 13.0 Å². The highest BCUT2D eigenvalue weighted by molar-refractivity contribution is 5.02. The number of imidazole rings is 1. The van der Waals surface area contributed by atoms with Crippen molar-refractivity contribution in [1.82, 2.24) is 24.6 Å². The summed E-state index contributed by atoms with van der Waals surface area (Å²) < 4.78 is 7.48. The Morgan fingerprint density at radius 2 is 2.23 bits per heavy atom. The number of hydrogen-bond donors (Lipinski definition) is 0. The lowest BCUT2D eigenvalue weighted by atomic mass is 9.94. The predicted octanol–water partition coefficient (Wildman–Crippen LogP) is 2.14. The van der Waals surface area contributed by atoms with Crippen LogP contribution >= 0.6 is 0 Å². The lowest BCUT2D eigenvalue weighted by Crippen LogP contribution is -2.36. The van der Waals surface area contributed by atoms with Gasteiger partial charge in [0.15, 0.2) is 5.82 Å². The van der Waals surface area contributed by atoms with Crippen molar-refractivity contribution in [3.63, 3.8) is 0 Å². The van der Waals surface area contributed by atoms with Gasteiger partial charge in [0.2, 0.25) is 5.89 Å². The van der Waals surface area contributed by atoms with Crippen molar-refractivity contribution in [1.29, 1.82) is 0 Å². The molecule has 2 aromatic rings. The highest BCUT2D eigenvalue weighted by Crippen LogP contribution is 2.38. The third-order valence-electron chi connectivity index (χ3n) is 4.77. The molecule has 22 heavy (non-hydrogen) atoms. The Kier molecular flexibility index (Phi) is 3.70. The second kappa shape index (κ2) is 5.83. The fraction of sp³-hybridized carbons (Fsp3) is 0.688. The van der Waals surface area contributed by atoms with E-state index in [-0.39, 0.29) is 0 Å². The molecular weight excluding hydrogens is 278 g/mol. The number of rotatable bonds is 5. The van der Waals surface area contributed by atoms with E-state index in [0.717, 1.165) is 37.8 Å². The molecule has 118 valence electrons. The first-order chi connectivity index (χ1) is 10.8. The highest BCUT2D eigenvalue weighted by atomic mass is 16.5. The van der Waals surface area contributed by atoms with Crippen LogP contribution in [0.3, 0.4) is 0 Å². The minimum atomic E-state index is 0.541. The van der Waals surface area contributed by atoms with Crippen LogP contribution in [0.1, 0.15) is 49.1 Å². The number of aryl methyl sites for hydroxylation is 1. The van der Waals surface area contributed by atoms with Gasteiger partial charge in [0.05, 0.1) is 6.54 Å². The molecule has 2 fully saturated rings. The van der Waals surface area contributed by atoms with Crippen molar-refractivity contribution in [3.8, 4) is 0 Å². The van der Waals surface area contributed by atoms with Gasteiger partial charge in [-0.05, 0) is 38.1 Å². The van der Waals surface area contributed by atoms with Gasteiger partial charge in [-0.2, -0.15) is 4.98 Å². The zero-order valence-electron chi connectivity index (χ0n) is 13.1.